The van der Waals surface area contributed by atoms with Gasteiger partial charge in [0.05, 0.1) is 11.1 Å². The quantitative estimate of drug-likeness (QED) is 0.615. The van der Waals surface area contributed by atoms with Gasteiger partial charge >= 0.3 is 0 Å². The summed E-state index contributed by atoms with van der Waals surface area (Å²) in [6, 6.07) is 14.1. The number of nitrogens with one attached hydrogen (secondary N) is 1. The van der Waals surface area contributed by atoms with Gasteiger partial charge in [-0.1, -0.05) is 55.3 Å². The van der Waals surface area contributed by atoms with Gasteiger partial charge in [-0.3, -0.25) is 9.69 Å². The molecule has 33 heavy (non-hydrogen) atoms. The fourth-order valence-corrected chi connectivity index (χ4v) is 5.96. The molecular weight excluding hydrogens is 458 g/mol. The molecule has 1 saturated heterocycles. The Balaban J connectivity index is 1.97. The molecule has 1 fully saturated rings. The van der Waals surface area contributed by atoms with E-state index in [1.807, 2.05) is 30.3 Å². The molecule has 3 atom stereocenters. The molecule has 1 aliphatic rings. The molecule has 3 rings (SSSR count). The number of sulfonamides is 1. The predicted molar refractivity (Wildman–Crippen MR) is 133 cm³/mol. The number of likely N-dealkylation sites (tertiary alicyclic amines) is 1. The average Bonchev–Trinajstić information content (AvgIpc) is 2.79. The van der Waals surface area contributed by atoms with E-state index >= 15 is 0 Å². The zero-order chi connectivity index (χ0) is 24.4. The molecule has 2 aromatic rings. The van der Waals surface area contributed by atoms with Crippen LogP contribution in [0.2, 0.25) is 5.02 Å². The maximum atomic E-state index is 13.4. The molecule has 1 amide bonds. The number of nitrogens with zero attached hydrogens (tertiary/aromatic N) is 2. The lowest BCUT2D eigenvalue weighted by molar-refractivity contribution is 0.0229. The molecule has 1 heterocycles. The Kier molecular flexibility index (Phi) is 7.89. The van der Waals surface area contributed by atoms with Crippen molar-refractivity contribution in [2.45, 2.75) is 49.6 Å². The van der Waals surface area contributed by atoms with E-state index in [1.165, 1.54) is 26.2 Å². The third-order valence-electron chi connectivity index (χ3n) is 7.02. The number of halogens is 1. The predicted octanol–water partition coefficient (Wildman–Crippen LogP) is 4.57. The van der Waals surface area contributed by atoms with Crippen molar-refractivity contribution in [3.8, 4) is 0 Å². The van der Waals surface area contributed by atoms with E-state index in [2.05, 4.69) is 31.1 Å². The van der Waals surface area contributed by atoms with Crippen LogP contribution in [0.4, 0.5) is 0 Å². The minimum atomic E-state index is -3.78. The standard InChI is InChI=1S/C25H34ClN3O3S/c1-6-18-14-15-25(2,29(5)17-18)23(19-10-8-7-9-11-19)27-24(30)20-12-13-21(26)22(16-20)33(31,32)28(3)4/h7-13,16,18,23H,6,14-15,17H2,1-5H3,(H,27,30). The SMILES string of the molecule is CCC1CCC(C)(C(NC(=O)c2ccc(Cl)c(S(=O)(=O)N(C)C)c2)c2ccccc2)N(C)C1. The Labute approximate surface area is 203 Å². The summed E-state index contributed by atoms with van der Waals surface area (Å²) in [6.45, 7) is 5.39. The molecular formula is C25H34ClN3O3S. The second-order valence-corrected chi connectivity index (χ2v) is 11.8. The molecule has 0 radical (unpaired) electrons. The second-order valence-electron chi connectivity index (χ2n) is 9.30. The molecule has 0 bridgehead atoms. The van der Waals surface area contributed by atoms with Crippen LogP contribution < -0.4 is 5.32 Å². The number of carbonyl (C=O) groups is 1. The summed E-state index contributed by atoms with van der Waals surface area (Å²) in [5, 5.41) is 3.31. The Morgan fingerprint density at radius 3 is 2.48 bits per heavy atom. The van der Waals surface area contributed by atoms with E-state index in [0.29, 0.717) is 5.92 Å². The summed E-state index contributed by atoms with van der Waals surface area (Å²) in [5.41, 5.74) is 0.993. The molecule has 0 spiro atoms. The van der Waals surface area contributed by atoms with Gasteiger partial charge in [0.1, 0.15) is 4.90 Å². The molecule has 2 aromatic carbocycles. The molecule has 8 heteroatoms. The highest BCUT2D eigenvalue weighted by Crippen LogP contribution is 2.40. The number of rotatable bonds is 7. The molecule has 1 N–H and O–H groups in total. The normalized spacial score (nSPS) is 22.8. The van der Waals surface area contributed by atoms with Crippen LogP contribution in [0.3, 0.4) is 0 Å². The number of likely N-dealkylation sites (N-methyl/N-ethyl adjacent to an activating group) is 1. The molecule has 3 unspecified atom stereocenters. The van der Waals surface area contributed by atoms with Crippen LogP contribution in [0.15, 0.2) is 53.4 Å². The van der Waals surface area contributed by atoms with Gasteiger partial charge in [-0.2, -0.15) is 0 Å². The van der Waals surface area contributed by atoms with Gasteiger partial charge in [-0.05, 0) is 56.5 Å². The fourth-order valence-electron chi connectivity index (χ4n) is 4.57. The lowest BCUT2D eigenvalue weighted by Crippen LogP contribution is -2.57. The third-order valence-corrected chi connectivity index (χ3v) is 9.32. The summed E-state index contributed by atoms with van der Waals surface area (Å²) in [7, 11) is 1.21. The monoisotopic (exact) mass is 491 g/mol. The summed E-state index contributed by atoms with van der Waals surface area (Å²) in [5.74, 6) is 0.313. The maximum absolute atomic E-state index is 13.4. The van der Waals surface area contributed by atoms with Gasteiger partial charge in [0.25, 0.3) is 5.91 Å². The molecule has 1 aliphatic heterocycles. The summed E-state index contributed by atoms with van der Waals surface area (Å²) in [6.07, 6.45) is 3.18. The summed E-state index contributed by atoms with van der Waals surface area (Å²) < 4.78 is 26.4. The first-order valence-electron chi connectivity index (χ1n) is 11.3. The number of hydrogen-bond acceptors (Lipinski definition) is 4. The van der Waals surface area contributed by atoms with E-state index in [-0.39, 0.29) is 33.0 Å². The molecule has 0 saturated carbocycles. The van der Waals surface area contributed by atoms with Crippen molar-refractivity contribution in [1.29, 1.82) is 0 Å². The van der Waals surface area contributed by atoms with E-state index in [9.17, 15) is 13.2 Å². The highest BCUT2D eigenvalue weighted by molar-refractivity contribution is 7.89. The van der Waals surface area contributed by atoms with Crippen LogP contribution >= 0.6 is 11.6 Å². The zero-order valence-electron chi connectivity index (χ0n) is 20.0. The number of hydrogen-bond donors (Lipinski definition) is 1. The van der Waals surface area contributed by atoms with Gasteiger partial charge in [-0.15, -0.1) is 0 Å². The van der Waals surface area contributed by atoms with Crippen molar-refractivity contribution < 1.29 is 13.2 Å². The van der Waals surface area contributed by atoms with Crippen molar-refractivity contribution >= 4 is 27.5 Å². The minimum absolute atomic E-state index is 0.0788. The number of piperidine rings is 1. The van der Waals surface area contributed by atoms with Crippen LogP contribution in [0.25, 0.3) is 0 Å². The minimum Gasteiger partial charge on any atom is -0.343 e. The largest absolute Gasteiger partial charge is 0.343 e. The van der Waals surface area contributed by atoms with Gasteiger partial charge in [0.2, 0.25) is 10.0 Å². The van der Waals surface area contributed by atoms with Crippen molar-refractivity contribution in [3.05, 3.63) is 64.7 Å². The fraction of sp³-hybridized carbons (Fsp3) is 0.480. The van der Waals surface area contributed by atoms with Crippen molar-refractivity contribution in [1.82, 2.24) is 14.5 Å². The van der Waals surface area contributed by atoms with E-state index < -0.39 is 10.0 Å². The number of benzene rings is 2. The van der Waals surface area contributed by atoms with Crippen LogP contribution in [0, 0.1) is 5.92 Å². The smallest absolute Gasteiger partial charge is 0.251 e. The number of carbonyl (C=O) groups excluding carboxylic acids is 1. The molecule has 6 nitrogen and oxygen atoms in total. The average molecular weight is 492 g/mol. The first kappa shape index (κ1) is 25.7. The van der Waals surface area contributed by atoms with Crippen LogP contribution in [-0.2, 0) is 10.0 Å². The Morgan fingerprint density at radius 2 is 1.91 bits per heavy atom. The summed E-state index contributed by atoms with van der Waals surface area (Å²) in [4.78, 5) is 15.7. The third kappa shape index (κ3) is 5.27. The molecule has 0 aliphatic carbocycles. The molecule has 180 valence electrons. The van der Waals surface area contributed by atoms with Gasteiger partial charge in [0, 0.05) is 31.7 Å². The van der Waals surface area contributed by atoms with E-state index in [4.69, 9.17) is 11.6 Å². The number of amides is 1. The Hall–Kier alpha value is -1.93. The highest BCUT2D eigenvalue weighted by atomic mass is 35.5. The lowest BCUT2D eigenvalue weighted by Gasteiger charge is -2.50. The first-order chi connectivity index (χ1) is 15.5. The van der Waals surface area contributed by atoms with Crippen LogP contribution in [-0.4, -0.2) is 56.8 Å². The Morgan fingerprint density at radius 1 is 1.24 bits per heavy atom. The topological polar surface area (TPSA) is 69.7 Å². The van der Waals surface area contributed by atoms with E-state index in [1.54, 1.807) is 6.07 Å². The van der Waals surface area contributed by atoms with E-state index in [0.717, 1.165) is 35.7 Å². The van der Waals surface area contributed by atoms with Crippen LogP contribution in [0.5, 0.6) is 0 Å². The summed E-state index contributed by atoms with van der Waals surface area (Å²) >= 11 is 6.18. The van der Waals surface area contributed by atoms with Crippen LogP contribution in [0.1, 0.15) is 55.1 Å². The van der Waals surface area contributed by atoms with Gasteiger partial charge < -0.3 is 5.32 Å². The first-order valence-corrected chi connectivity index (χ1v) is 13.1. The Bertz CT molecular complexity index is 1090. The lowest BCUT2D eigenvalue weighted by atomic mass is 9.75. The second kappa shape index (κ2) is 10.1. The highest BCUT2D eigenvalue weighted by Gasteiger charge is 2.43. The van der Waals surface area contributed by atoms with Crippen molar-refractivity contribution in [3.63, 3.8) is 0 Å². The van der Waals surface area contributed by atoms with Crippen molar-refractivity contribution in [2.24, 2.45) is 5.92 Å². The van der Waals surface area contributed by atoms with Gasteiger partial charge in [-0.25, -0.2) is 12.7 Å². The zero-order valence-corrected chi connectivity index (χ0v) is 21.6. The maximum Gasteiger partial charge on any atom is 0.251 e. The van der Waals surface area contributed by atoms with Gasteiger partial charge in [0.15, 0.2) is 0 Å². The molecule has 0 aromatic heterocycles. The van der Waals surface area contributed by atoms with Crippen molar-refractivity contribution in [2.75, 3.05) is 27.7 Å².